The smallest absolute Gasteiger partial charge is 0.303 e. The number of hydrogen-bond donors (Lipinski definition) is 2. The number of carboxylic acid groups (broad SMARTS) is 1. The Hall–Kier alpha value is -0.870. The summed E-state index contributed by atoms with van der Waals surface area (Å²) in [5, 5.41) is 17.9. The number of aliphatic carboxylic acids is 1. The molecule has 0 aromatic heterocycles. The number of ether oxygens (including phenoxy) is 1. The first kappa shape index (κ1) is 14.5. The summed E-state index contributed by atoms with van der Waals surface area (Å²) in [6.07, 6.45) is 11.0. The summed E-state index contributed by atoms with van der Waals surface area (Å²) in [5.41, 5.74) is 0. The molecule has 4 atom stereocenters. The third-order valence-corrected chi connectivity index (χ3v) is 4.40. The second-order valence-electron chi connectivity index (χ2n) is 5.64. The van der Waals surface area contributed by atoms with Crippen LogP contribution in [-0.4, -0.2) is 35.0 Å². The minimum atomic E-state index is -0.724. The van der Waals surface area contributed by atoms with Crippen LogP contribution < -0.4 is 0 Å². The van der Waals surface area contributed by atoms with Crippen molar-refractivity contribution in [3.63, 3.8) is 0 Å². The number of aliphatic hydroxyl groups excluding tert-OH is 1. The van der Waals surface area contributed by atoms with Gasteiger partial charge < -0.3 is 14.9 Å². The Kier molecular flexibility index (Phi) is 5.40. The molecule has 0 radical (unpaired) electrons. The zero-order chi connectivity index (χ0) is 13.7. The maximum atomic E-state index is 10.3. The summed E-state index contributed by atoms with van der Waals surface area (Å²) < 4.78 is 5.86. The maximum absolute atomic E-state index is 10.3. The lowest BCUT2D eigenvalue weighted by molar-refractivity contribution is -0.137. The molecule has 2 fully saturated rings. The number of unbranched alkanes of at least 4 members (excludes halogenated alkanes) is 1. The van der Waals surface area contributed by atoms with Crippen molar-refractivity contribution in [2.24, 2.45) is 11.8 Å². The van der Waals surface area contributed by atoms with Crippen molar-refractivity contribution >= 4 is 5.97 Å². The summed E-state index contributed by atoms with van der Waals surface area (Å²) in [6.45, 7) is 0.244. The SMILES string of the molecule is O=C(O)CCC/C=C\CC[C@@H]1[C@H](CO)[C@@H]2CC[C@H]1O2. The zero-order valence-electron chi connectivity index (χ0n) is 11.3. The normalized spacial score (nSPS) is 33.3. The Morgan fingerprint density at radius 3 is 2.53 bits per heavy atom. The molecule has 0 unspecified atom stereocenters. The van der Waals surface area contributed by atoms with E-state index in [-0.39, 0.29) is 13.0 Å². The van der Waals surface area contributed by atoms with Gasteiger partial charge in [0.1, 0.15) is 0 Å². The molecule has 2 heterocycles. The topological polar surface area (TPSA) is 66.8 Å². The maximum Gasteiger partial charge on any atom is 0.303 e. The Balaban J connectivity index is 1.63. The fourth-order valence-electron chi connectivity index (χ4n) is 3.42. The van der Waals surface area contributed by atoms with Gasteiger partial charge in [-0.15, -0.1) is 0 Å². The van der Waals surface area contributed by atoms with E-state index in [1.54, 1.807) is 0 Å². The van der Waals surface area contributed by atoms with Crippen molar-refractivity contribution in [3.05, 3.63) is 12.2 Å². The Morgan fingerprint density at radius 1 is 1.16 bits per heavy atom. The van der Waals surface area contributed by atoms with Gasteiger partial charge in [0.15, 0.2) is 0 Å². The average Bonchev–Trinajstić information content (AvgIpc) is 2.97. The third-order valence-electron chi connectivity index (χ3n) is 4.40. The number of rotatable bonds is 8. The van der Waals surface area contributed by atoms with E-state index in [9.17, 15) is 9.90 Å². The Labute approximate surface area is 114 Å². The number of carbonyl (C=O) groups is 1. The first-order valence-electron chi connectivity index (χ1n) is 7.35. The molecule has 2 aliphatic rings. The second-order valence-corrected chi connectivity index (χ2v) is 5.64. The predicted octanol–water partition coefficient (Wildman–Crippen LogP) is 2.36. The minimum Gasteiger partial charge on any atom is -0.481 e. The van der Waals surface area contributed by atoms with Gasteiger partial charge in [-0.2, -0.15) is 0 Å². The summed E-state index contributed by atoms with van der Waals surface area (Å²) >= 11 is 0. The van der Waals surface area contributed by atoms with Crippen LogP contribution in [0.4, 0.5) is 0 Å². The van der Waals surface area contributed by atoms with Gasteiger partial charge in [-0.3, -0.25) is 4.79 Å². The largest absolute Gasteiger partial charge is 0.481 e. The van der Waals surface area contributed by atoms with Crippen molar-refractivity contribution in [2.75, 3.05) is 6.61 Å². The fourth-order valence-corrected chi connectivity index (χ4v) is 3.42. The van der Waals surface area contributed by atoms with E-state index < -0.39 is 5.97 Å². The average molecular weight is 268 g/mol. The summed E-state index contributed by atoms with van der Waals surface area (Å²) in [7, 11) is 0. The number of carboxylic acids is 1. The minimum absolute atomic E-state index is 0.244. The molecule has 0 amide bonds. The first-order valence-corrected chi connectivity index (χ1v) is 7.35. The van der Waals surface area contributed by atoms with E-state index >= 15 is 0 Å². The molecule has 0 spiro atoms. The molecule has 2 bridgehead atoms. The molecule has 2 N–H and O–H groups in total. The molecule has 2 rings (SSSR count). The highest BCUT2D eigenvalue weighted by Crippen LogP contribution is 2.45. The van der Waals surface area contributed by atoms with Gasteiger partial charge in [0.2, 0.25) is 0 Å². The van der Waals surface area contributed by atoms with Crippen LogP contribution >= 0.6 is 0 Å². The molecule has 2 saturated heterocycles. The highest BCUT2D eigenvalue weighted by molar-refractivity contribution is 5.66. The molecule has 108 valence electrons. The van der Waals surface area contributed by atoms with Crippen LogP contribution in [0.25, 0.3) is 0 Å². The molecule has 0 aliphatic carbocycles. The molecule has 4 nitrogen and oxygen atoms in total. The van der Waals surface area contributed by atoms with Gasteiger partial charge >= 0.3 is 5.97 Å². The van der Waals surface area contributed by atoms with Gasteiger partial charge in [-0.25, -0.2) is 0 Å². The van der Waals surface area contributed by atoms with Crippen molar-refractivity contribution in [3.8, 4) is 0 Å². The van der Waals surface area contributed by atoms with Gasteiger partial charge in [0.25, 0.3) is 0 Å². The summed E-state index contributed by atoms with van der Waals surface area (Å²) in [4.78, 5) is 10.3. The van der Waals surface area contributed by atoms with Crippen LogP contribution in [0.3, 0.4) is 0 Å². The number of aliphatic hydroxyl groups is 1. The van der Waals surface area contributed by atoms with Gasteiger partial charge in [-0.05, 0) is 44.4 Å². The van der Waals surface area contributed by atoms with E-state index in [1.807, 2.05) is 0 Å². The van der Waals surface area contributed by atoms with Crippen LogP contribution in [0.5, 0.6) is 0 Å². The molecular formula is C15H24O4. The number of hydrogen-bond acceptors (Lipinski definition) is 3. The van der Waals surface area contributed by atoms with Crippen LogP contribution in [0.2, 0.25) is 0 Å². The van der Waals surface area contributed by atoms with E-state index in [2.05, 4.69) is 12.2 Å². The molecule has 4 heteroatoms. The van der Waals surface area contributed by atoms with Crippen LogP contribution in [0.1, 0.15) is 44.9 Å². The van der Waals surface area contributed by atoms with E-state index in [0.717, 1.165) is 32.1 Å². The standard InChI is InChI=1S/C15H24O4/c16-10-12-11(13-8-9-14(12)19-13)6-4-2-1-3-5-7-15(17)18/h1-2,11-14,16H,3-10H2,(H,17,18)/b2-1-/t11-,12+,13-,14+/m1/s1. The summed E-state index contributed by atoms with van der Waals surface area (Å²) in [6, 6.07) is 0. The van der Waals surface area contributed by atoms with Crippen molar-refractivity contribution in [1.82, 2.24) is 0 Å². The molecule has 0 aromatic rings. The monoisotopic (exact) mass is 268 g/mol. The first-order chi connectivity index (χ1) is 9.22. The quantitative estimate of drug-likeness (QED) is 0.524. The number of fused-ring (bicyclic) bond motifs is 2. The van der Waals surface area contributed by atoms with Crippen LogP contribution in [-0.2, 0) is 9.53 Å². The molecular weight excluding hydrogens is 244 g/mol. The predicted molar refractivity (Wildman–Crippen MR) is 71.8 cm³/mol. The van der Waals surface area contributed by atoms with Crippen LogP contribution in [0.15, 0.2) is 12.2 Å². The van der Waals surface area contributed by atoms with Crippen LogP contribution in [0, 0.1) is 11.8 Å². The molecule has 2 aliphatic heterocycles. The molecule has 0 aromatic carbocycles. The van der Waals surface area contributed by atoms with Gasteiger partial charge in [0.05, 0.1) is 12.2 Å². The highest BCUT2D eigenvalue weighted by Gasteiger charge is 2.47. The van der Waals surface area contributed by atoms with E-state index in [1.165, 1.54) is 0 Å². The third kappa shape index (κ3) is 3.80. The molecule has 19 heavy (non-hydrogen) atoms. The lowest BCUT2D eigenvalue weighted by Gasteiger charge is -2.25. The highest BCUT2D eigenvalue weighted by atomic mass is 16.5. The lowest BCUT2D eigenvalue weighted by Crippen LogP contribution is -2.29. The fraction of sp³-hybridized carbons (Fsp3) is 0.800. The van der Waals surface area contributed by atoms with Crippen molar-refractivity contribution in [1.29, 1.82) is 0 Å². The Morgan fingerprint density at radius 2 is 1.84 bits per heavy atom. The molecule has 0 saturated carbocycles. The van der Waals surface area contributed by atoms with Crippen molar-refractivity contribution in [2.45, 2.75) is 57.2 Å². The van der Waals surface area contributed by atoms with E-state index in [0.29, 0.717) is 30.5 Å². The lowest BCUT2D eigenvalue weighted by atomic mass is 9.77. The van der Waals surface area contributed by atoms with Gasteiger partial charge in [-0.1, -0.05) is 12.2 Å². The summed E-state index contributed by atoms with van der Waals surface area (Å²) in [5.74, 6) is 0.116. The van der Waals surface area contributed by atoms with E-state index in [4.69, 9.17) is 9.84 Å². The Bertz CT molecular complexity index is 326. The van der Waals surface area contributed by atoms with Crippen molar-refractivity contribution < 1.29 is 19.7 Å². The number of allylic oxidation sites excluding steroid dienone is 2. The van der Waals surface area contributed by atoms with Gasteiger partial charge in [0, 0.05) is 18.9 Å². The zero-order valence-corrected chi connectivity index (χ0v) is 11.3. The second kappa shape index (κ2) is 7.06.